The van der Waals surface area contributed by atoms with Gasteiger partial charge in [-0.3, -0.25) is 0 Å². The molecule has 1 N–H and O–H groups in total. The van der Waals surface area contributed by atoms with Crippen LogP contribution in [0, 0.1) is 0 Å². The maximum Gasteiger partial charge on any atom is 0.0246 e. The van der Waals surface area contributed by atoms with Gasteiger partial charge in [-0.2, -0.15) is 0 Å². The molecule has 3 aromatic carbocycles. The Morgan fingerprint density at radius 2 is 1.09 bits per heavy atom. The third-order valence-corrected chi connectivity index (χ3v) is 4.39. The molecule has 0 aliphatic heterocycles. The molecular formula is C22H23N. The zero-order valence-electron chi connectivity index (χ0n) is 13.5. The molecule has 1 heteroatoms. The number of hydrogen-bond acceptors (Lipinski definition) is 1. The highest BCUT2D eigenvalue weighted by Crippen LogP contribution is 2.29. The van der Waals surface area contributed by atoms with Crippen molar-refractivity contribution in [1.29, 1.82) is 0 Å². The van der Waals surface area contributed by atoms with E-state index >= 15 is 0 Å². The van der Waals surface area contributed by atoms with Gasteiger partial charge in [0.05, 0.1) is 0 Å². The molecule has 0 aliphatic carbocycles. The summed E-state index contributed by atoms with van der Waals surface area (Å²) >= 11 is 0. The van der Waals surface area contributed by atoms with Crippen LogP contribution in [-0.4, -0.2) is 13.1 Å². The van der Waals surface area contributed by atoms with Crippen molar-refractivity contribution < 1.29 is 0 Å². The summed E-state index contributed by atoms with van der Waals surface area (Å²) < 4.78 is 0. The first kappa shape index (κ1) is 15.5. The molecule has 1 unspecified atom stereocenters. The lowest BCUT2D eigenvalue weighted by atomic mass is 9.82. The molecule has 0 fully saturated rings. The molecule has 0 amide bonds. The van der Waals surface area contributed by atoms with Crippen molar-refractivity contribution in [1.82, 2.24) is 5.32 Å². The van der Waals surface area contributed by atoms with Gasteiger partial charge in [0.1, 0.15) is 0 Å². The first-order valence-electron chi connectivity index (χ1n) is 8.19. The highest BCUT2D eigenvalue weighted by atomic mass is 14.9. The van der Waals surface area contributed by atoms with E-state index in [9.17, 15) is 0 Å². The molecular weight excluding hydrogens is 278 g/mol. The minimum Gasteiger partial charge on any atom is -0.316 e. The summed E-state index contributed by atoms with van der Waals surface area (Å²) in [5.41, 5.74) is 4.08. The van der Waals surface area contributed by atoms with Crippen LogP contribution in [0.3, 0.4) is 0 Å². The largest absolute Gasteiger partial charge is 0.316 e. The van der Waals surface area contributed by atoms with Gasteiger partial charge in [0, 0.05) is 12.0 Å². The van der Waals surface area contributed by atoms with Crippen LogP contribution in [0.4, 0.5) is 0 Å². The molecule has 3 rings (SSSR count). The average molecular weight is 301 g/mol. The second-order valence-electron chi connectivity index (χ2n) is 5.88. The van der Waals surface area contributed by atoms with Crippen LogP contribution >= 0.6 is 0 Å². The zero-order chi connectivity index (χ0) is 15.9. The second kappa shape index (κ2) is 7.75. The van der Waals surface area contributed by atoms with Crippen LogP contribution in [-0.2, 0) is 6.42 Å². The van der Waals surface area contributed by atoms with Crippen molar-refractivity contribution >= 4 is 0 Å². The molecule has 116 valence electrons. The Labute approximate surface area is 139 Å². The first-order valence-corrected chi connectivity index (χ1v) is 8.19. The standard InChI is InChI=1S/C22H23N/c1-23-21(17-18-11-5-2-6-12-18)22(19-13-7-3-8-14-19)20-15-9-4-10-16-20/h2-16,21-23H,17H2,1H3. The Balaban J connectivity index is 1.96. The molecule has 0 heterocycles. The predicted octanol–water partition coefficient (Wildman–Crippen LogP) is 4.65. The maximum absolute atomic E-state index is 3.55. The van der Waals surface area contributed by atoms with Gasteiger partial charge in [-0.15, -0.1) is 0 Å². The minimum absolute atomic E-state index is 0.336. The number of rotatable bonds is 6. The van der Waals surface area contributed by atoms with E-state index in [1.54, 1.807) is 0 Å². The Bertz CT molecular complexity index is 652. The predicted molar refractivity (Wildman–Crippen MR) is 97.7 cm³/mol. The molecule has 0 radical (unpaired) electrons. The zero-order valence-corrected chi connectivity index (χ0v) is 13.5. The van der Waals surface area contributed by atoms with E-state index in [-0.39, 0.29) is 0 Å². The maximum atomic E-state index is 3.55. The van der Waals surface area contributed by atoms with Crippen molar-refractivity contribution in [2.75, 3.05) is 7.05 Å². The molecule has 0 bridgehead atoms. The molecule has 1 nitrogen and oxygen atoms in total. The normalized spacial score (nSPS) is 12.3. The fraction of sp³-hybridized carbons (Fsp3) is 0.182. The van der Waals surface area contributed by atoms with E-state index in [1.165, 1.54) is 16.7 Å². The summed E-state index contributed by atoms with van der Waals surface area (Å²) in [7, 11) is 2.06. The highest BCUT2D eigenvalue weighted by molar-refractivity contribution is 5.35. The summed E-state index contributed by atoms with van der Waals surface area (Å²) in [6.45, 7) is 0. The molecule has 23 heavy (non-hydrogen) atoms. The van der Waals surface area contributed by atoms with Crippen LogP contribution in [0.25, 0.3) is 0 Å². The topological polar surface area (TPSA) is 12.0 Å². The number of benzene rings is 3. The van der Waals surface area contributed by atoms with Crippen molar-refractivity contribution in [3.8, 4) is 0 Å². The fourth-order valence-electron chi connectivity index (χ4n) is 3.23. The number of nitrogens with one attached hydrogen (secondary N) is 1. The number of likely N-dealkylation sites (N-methyl/N-ethyl adjacent to an activating group) is 1. The van der Waals surface area contributed by atoms with Gasteiger partial charge in [0.25, 0.3) is 0 Å². The van der Waals surface area contributed by atoms with Crippen molar-refractivity contribution in [3.05, 3.63) is 108 Å². The summed E-state index contributed by atoms with van der Waals surface area (Å²) in [6, 6.07) is 32.6. The minimum atomic E-state index is 0.336. The van der Waals surface area contributed by atoms with Crippen molar-refractivity contribution in [2.45, 2.75) is 18.4 Å². The lowest BCUT2D eigenvalue weighted by molar-refractivity contribution is 0.503. The Morgan fingerprint density at radius 1 is 0.652 bits per heavy atom. The van der Waals surface area contributed by atoms with E-state index < -0.39 is 0 Å². The Kier molecular flexibility index (Phi) is 5.23. The molecule has 0 saturated carbocycles. The molecule has 3 aromatic rings. The van der Waals surface area contributed by atoms with Gasteiger partial charge in [-0.25, -0.2) is 0 Å². The van der Waals surface area contributed by atoms with Gasteiger partial charge in [-0.05, 0) is 30.2 Å². The molecule has 0 spiro atoms. The third-order valence-electron chi connectivity index (χ3n) is 4.39. The van der Waals surface area contributed by atoms with Crippen molar-refractivity contribution in [2.24, 2.45) is 0 Å². The Hall–Kier alpha value is -2.38. The van der Waals surface area contributed by atoms with E-state index in [0.29, 0.717) is 12.0 Å². The van der Waals surface area contributed by atoms with Crippen molar-refractivity contribution in [3.63, 3.8) is 0 Å². The summed E-state index contributed by atoms with van der Waals surface area (Å²) in [4.78, 5) is 0. The van der Waals surface area contributed by atoms with E-state index in [0.717, 1.165) is 6.42 Å². The van der Waals surface area contributed by atoms with E-state index in [2.05, 4.69) is 103 Å². The van der Waals surface area contributed by atoms with E-state index in [4.69, 9.17) is 0 Å². The molecule has 0 aliphatic rings. The second-order valence-corrected chi connectivity index (χ2v) is 5.88. The monoisotopic (exact) mass is 301 g/mol. The lowest BCUT2D eigenvalue weighted by Crippen LogP contribution is -2.34. The van der Waals surface area contributed by atoms with Crippen LogP contribution < -0.4 is 5.32 Å². The van der Waals surface area contributed by atoms with Gasteiger partial charge < -0.3 is 5.32 Å². The molecule has 0 aromatic heterocycles. The highest BCUT2D eigenvalue weighted by Gasteiger charge is 2.23. The lowest BCUT2D eigenvalue weighted by Gasteiger charge is -2.28. The Morgan fingerprint density at radius 3 is 1.52 bits per heavy atom. The SMILES string of the molecule is CNC(Cc1ccccc1)C(c1ccccc1)c1ccccc1. The third kappa shape index (κ3) is 3.88. The summed E-state index contributed by atoms with van der Waals surface area (Å²) in [5, 5.41) is 3.55. The summed E-state index contributed by atoms with van der Waals surface area (Å²) in [5.74, 6) is 0.336. The van der Waals surface area contributed by atoms with Gasteiger partial charge in [-0.1, -0.05) is 91.0 Å². The first-order chi connectivity index (χ1) is 11.4. The quantitative estimate of drug-likeness (QED) is 0.699. The van der Waals surface area contributed by atoms with E-state index in [1.807, 2.05) is 0 Å². The fourth-order valence-corrected chi connectivity index (χ4v) is 3.23. The molecule has 0 saturated heterocycles. The van der Waals surface area contributed by atoms with Gasteiger partial charge in [0.2, 0.25) is 0 Å². The van der Waals surface area contributed by atoms with Crippen LogP contribution in [0.15, 0.2) is 91.0 Å². The van der Waals surface area contributed by atoms with Crippen LogP contribution in [0.5, 0.6) is 0 Å². The van der Waals surface area contributed by atoms with Crippen LogP contribution in [0.2, 0.25) is 0 Å². The van der Waals surface area contributed by atoms with Gasteiger partial charge in [0.15, 0.2) is 0 Å². The average Bonchev–Trinajstić information content (AvgIpc) is 2.64. The van der Waals surface area contributed by atoms with Gasteiger partial charge >= 0.3 is 0 Å². The summed E-state index contributed by atoms with van der Waals surface area (Å²) in [6.07, 6.45) is 1.01. The smallest absolute Gasteiger partial charge is 0.0246 e. The van der Waals surface area contributed by atoms with Crippen LogP contribution in [0.1, 0.15) is 22.6 Å². The number of hydrogen-bond donors (Lipinski definition) is 1. The molecule has 1 atom stereocenters.